The summed E-state index contributed by atoms with van der Waals surface area (Å²) in [7, 11) is 0. The van der Waals surface area contributed by atoms with Crippen molar-refractivity contribution in [3.63, 3.8) is 0 Å². The third-order valence-corrected chi connectivity index (χ3v) is 2.91. The highest BCUT2D eigenvalue weighted by molar-refractivity contribution is 9.10. The van der Waals surface area contributed by atoms with Gasteiger partial charge in [0.25, 0.3) is 5.91 Å². The van der Waals surface area contributed by atoms with E-state index in [1.54, 1.807) is 6.07 Å². The average molecular weight is 265 g/mol. The third-order valence-electron chi connectivity index (χ3n) is 2.22. The Morgan fingerprint density at radius 2 is 2.07 bits per heavy atom. The molecular weight excluding hydrogens is 256 g/mol. The van der Waals surface area contributed by atoms with E-state index in [0.717, 1.165) is 15.2 Å². The van der Waals surface area contributed by atoms with Crippen molar-refractivity contribution < 1.29 is 4.79 Å². The van der Waals surface area contributed by atoms with Crippen molar-refractivity contribution in [2.75, 3.05) is 0 Å². The highest BCUT2D eigenvalue weighted by Crippen LogP contribution is 2.24. The van der Waals surface area contributed by atoms with Crippen LogP contribution >= 0.6 is 15.9 Å². The van der Waals surface area contributed by atoms with Crippen molar-refractivity contribution >= 4 is 32.6 Å². The molecule has 4 heteroatoms. The minimum Gasteiger partial charge on any atom is -0.290 e. The fourth-order valence-corrected chi connectivity index (χ4v) is 1.98. The minimum absolute atomic E-state index is 0.281. The van der Waals surface area contributed by atoms with Crippen LogP contribution in [-0.2, 0) is 0 Å². The number of hydrazine groups is 1. The summed E-state index contributed by atoms with van der Waals surface area (Å²) in [6.45, 7) is 0. The molecule has 0 fully saturated rings. The Balaban J connectivity index is 2.62. The third kappa shape index (κ3) is 1.86. The van der Waals surface area contributed by atoms with Crippen molar-refractivity contribution in [1.29, 1.82) is 0 Å². The van der Waals surface area contributed by atoms with Crippen LogP contribution in [0.5, 0.6) is 0 Å². The van der Waals surface area contributed by atoms with E-state index in [1.807, 2.05) is 30.3 Å². The zero-order valence-electron chi connectivity index (χ0n) is 7.83. The minimum atomic E-state index is -0.281. The Kier molecular flexibility index (Phi) is 2.70. The fourth-order valence-electron chi connectivity index (χ4n) is 1.47. The molecule has 0 aliphatic rings. The first-order valence-electron chi connectivity index (χ1n) is 4.41. The Morgan fingerprint density at radius 1 is 1.27 bits per heavy atom. The maximum Gasteiger partial charge on any atom is 0.265 e. The van der Waals surface area contributed by atoms with E-state index < -0.39 is 0 Å². The summed E-state index contributed by atoms with van der Waals surface area (Å²) in [5.74, 6) is 4.79. The number of hydrogen-bond donors (Lipinski definition) is 2. The molecule has 3 nitrogen and oxygen atoms in total. The second kappa shape index (κ2) is 4.00. The molecule has 1 amide bonds. The number of nitrogens with two attached hydrogens (primary N) is 1. The zero-order valence-corrected chi connectivity index (χ0v) is 9.41. The molecule has 2 aromatic rings. The van der Waals surface area contributed by atoms with Crippen LogP contribution in [0.15, 0.2) is 40.9 Å². The summed E-state index contributed by atoms with van der Waals surface area (Å²) >= 11 is 3.45. The van der Waals surface area contributed by atoms with Gasteiger partial charge in [0.2, 0.25) is 0 Å². The van der Waals surface area contributed by atoms with Gasteiger partial charge in [-0.3, -0.25) is 10.2 Å². The van der Waals surface area contributed by atoms with E-state index in [0.29, 0.717) is 5.56 Å². The molecule has 15 heavy (non-hydrogen) atoms. The summed E-state index contributed by atoms with van der Waals surface area (Å²) in [6.07, 6.45) is 0. The number of carbonyl (C=O) groups is 1. The summed E-state index contributed by atoms with van der Waals surface area (Å²) in [6, 6.07) is 11.3. The van der Waals surface area contributed by atoms with Crippen molar-refractivity contribution in [1.82, 2.24) is 5.43 Å². The number of nitrogens with one attached hydrogen (secondary N) is 1. The van der Waals surface area contributed by atoms with Crippen LogP contribution in [0.25, 0.3) is 10.8 Å². The van der Waals surface area contributed by atoms with Crippen LogP contribution in [0.4, 0.5) is 0 Å². The van der Waals surface area contributed by atoms with E-state index in [2.05, 4.69) is 21.4 Å². The van der Waals surface area contributed by atoms with E-state index in [-0.39, 0.29) is 5.91 Å². The molecule has 2 aromatic carbocycles. The van der Waals surface area contributed by atoms with E-state index >= 15 is 0 Å². The molecule has 0 aliphatic heterocycles. The van der Waals surface area contributed by atoms with Crippen molar-refractivity contribution in [3.8, 4) is 0 Å². The molecule has 0 bridgehead atoms. The van der Waals surface area contributed by atoms with Crippen LogP contribution in [0.2, 0.25) is 0 Å². The quantitative estimate of drug-likeness (QED) is 0.472. The van der Waals surface area contributed by atoms with Gasteiger partial charge in [-0.2, -0.15) is 0 Å². The van der Waals surface area contributed by atoms with Crippen LogP contribution < -0.4 is 11.3 Å². The number of rotatable bonds is 1. The molecule has 0 saturated heterocycles. The fraction of sp³-hybridized carbons (Fsp3) is 0. The Bertz CT molecular complexity index is 525. The lowest BCUT2D eigenvalue weighted by molar-refractivity contribution is 0.0954. The molecule has 0 spiro atoms. The van der Waals surface area contributed by atoms with Gasteiger partial charge in [-0.25, -0.2) is 5.84 Å². The van der Waals surface area contributed by atoms with Gasteiger partial charge in [-0.05, 0) is 29.0 Å². The molecular formula is C11H9BrN2O. The molecule has 0 saturated carbocycles. The van der Waals surface area contributed by atoms with Gasteiger partial charge >= 0.3 is 0 Å². The van der Waals surface area contributed by atoms with E-state index in [9.17, 15) is 4.79 Å². The molecule has 2 rings (SSSR count). The van der Waals surface area contributed by atoms with Crippen LogP contribution in [-0.4, -0.2) is 5.91 Å². The van der Waals surface area contributed by atoms with Crippen LogP contribution in [0, 0.1) is 0 Å². The van der Waals surface area contributed by atoms with Crippen molar-refractivity contribution in [2.24, 2.45) is 5.84 Å². The predicted molar refractivity (Wildman–Crippen MR) is 63.3 cm³/mol. The first-order chi connectivity index (χ1) is 7.22. The smallest absolute Gasteiger partial charge is 0.265 e. The molecule has 0 heterocycles. The number of carbonyl (C=O) groups excluding carboxylic acids is 1. The van der Waals surface area contributed by atoms with E-state index in [1.165, 1.54) is 0 Å². The van der Waals surface area contributed by atoms with Gasteiger partial charge < -0.3 is 0 Å². The predicted octanol–water partition coefficient (Wildman–Crippen LogP) is 2.21. The molecule has 0 unspecified atom stereocenters. The number of nitrogen functional groups attached to an aromatic ring is 1. The van der Waals surface area contributed by atoms with Gasteiger partial charge in [-0.15, -0.1) is 0 Å². The van der Waals surface area contributed by atoms with Crippen molar-refractivity contribution in [2.45, 2.75) is 0 Å². The summed E-state index contributed by atoms with van der Waals surface area (Å²) < 4.78 is 1.01. The number of amides is 1. The summed E-state index contributed by atoms with van der Waals surface area (Å²) in [4.78, 5) is 11.3. The van der Waals surface area contributed by atoms with Crippen LogP contribution in [0.3, 0.4) is 0 Å². The summed E-state index contributed by atoms with van der Waals surface area (Å²) in [5.41, 5.74) is 2.67. The van der Waals surface area contributed by atoms with Crippen molar-refractivity contribution in [3.05, 3.63) is 46.4 Å². The monoisotopic (exact) mass is 264 g/mol. The van der Waals surface area contributed by atoms with Gasteiger partial charge in [-0.1, -0.05) is 34.1 Å². The lowest BCUT2D eigenvalue weighted by atomic mass is 10.1. The molecule has 0 aromatic heterocycles. The number of fused-ring (bicyclic) bond motifs is 1. The second-order valence-electron chi connectivity index (χ2n) is 3.15. The lowest BCUT2D eigenvalue weighted by Crippen LogP contribution is -2.29. The molecule has 76 valence electrons. The van der Waals surface area contributed by atoms with Gasteiger partial charge in [0, 0.05) is 10.0 Å². The maximum absolute atomic E-state index is 11.3. The first kappa shape index (κ1) is 10.1. The Morgan fingerprint density at radius 3 is 2.80 bits per heavy atom. The standard InChI is InChI=1S/C11H9BrN2O/c12-10-3-1-2-7-6-8(11(15)14-13)4-5-9(7)10/h1-6H,13H2,(H,14,15). The topological polar surface area (TPSA) is 55.1 Å². The molecule has 0 atom stereocenters. The highest BCUT2D eigenvalue weighted by atomic mass is 79.9. The van der Waals surface area contributed by atoms with Crippen LogP contribution in [0.1, 0.15) is 10.4 Å². The maximum atomic E-state index is 11.3. The number of halogens is 1. The number of hydrogen-bond acceptors (Lipinski definition) is 2. The Hall–Kier alpha value is -1.39. The molecule has 0 radical (unpaired) electrons. The second-order valence-corrected chi connectivity index (χ2v) is 4.00. The largest absolute Gasteiger partial charge is 0.290 e. The average Bonchev–Trinajstić information content (AvgIpc) is 2.28. The van der Waals surface area contributed by atoms with Gasteiger partial charge in [0.1, 0.15) is 0 Å². The number of benzene rings is 2. The highest BCUT2D eigenvalue weighted by Gasteiger charge is 2.05. The molecule has 3 N–H and O–H groups in total. The lowest BCUT2D eigenvalue weighted by Gasteiger charge is -2.03. The Labute approximate surface area is 95.4 Å². The molecule has 0 aliphatic carbocycles. The first-order valence-corrected chi connectivity index (χ1v) is 5.21. The van der Waals surface area contributed by atoms with Gasteiger partial charge in [0.05, 0.1) is 0 Å². The summed E-state index contributed by atoms with van der Waals surface area (Å²) in [5, 5.41) is 2.08. The van der Waals surface area contributed by atoms with E-state index in [4.69, 9.17) is 5.84 Å². The zero-order chi connectivity index (χ0) is 10.8. The SMILES string of the molecule is NNC(=O)c1ccc2c(Br)cccc2c1. The normalized spacial score (nSPS) is 10.3. The van der Waals surface area contributed by atoms with Gasteiger partial charge in [0.15, 0.2) is 0 Å².